The molecular weight excluding hydrogens is 347 g/mol. The Morgan fingerprint density at radius 1 is 1.04 bits per heavy atom. The predicted molar refractivity (Wildman–Crippen MR) is 102 cm³/mol. The number of carbonyl (C=O) groups is 1. The van der Waals surface area contributed by atoms with Crippen molar-refractivity contribution >= 4 is 47.4 Å². The molecule has 2 N–H and O–H groups in total. The number of aryl methyl sites for hydroxylation is 1. The van der Waals surface area contributed by atoms with Gasteiger partial charge in [0.1, 0.15) is 0 Å². The van der Waals surface area contributed by atoms with Crippen LogP contribution in [0.4, 0.5) is 5.69 Å². The summed E-state index contributed by atoms with van der Waals surface area (Å²) in [7, 11) is 0. The van der Waals surface area contributed by atoms with Crippen molar-refractivity contribution < 1.29 is 9.90 Å². The van der Waals surface area contributed by atoms with Gasteiger partial charge in [0.25, 0.3) is 0 Å². The van der Waals surface area contributed by atoms with Crippen molar-refractivity contribution in [2.45, 2.75) is 13.5 Å². The van der Waals surface area contributed by atoms with E-state index in [0.29, 0.717) is 12.1 Å². The highest BCUT2D eigenvalue weighted by molar-refractivity contribution is 5.91. The summed E-state index contributed by atoms with van der Waals surface area (Å²) < 4.78 is 0. The molecule has 1 heterocycles. The Balaban J connectivity index is 0.00000144. The van der Waals surface area contributed by atoms with Gasteiger partial charge in [-0.3, -0.25) is 4.98 Å². The Hall–Kier alpha value is -2.30. The molecule has 4 nitrogen and oxygen atoms in total. The second-order valence-electron chi connectivity index (χ2n) is 5.18. The molecule has 0 saturated carbocycles. The first-order valence-corrected chi connectivity index (χ1v) is 7.06. The van der Waals surface area contributed by atoms with Crippen molar-refractivity contribution in [2.24, 2.45) is 0 Å². The molecule has 6 heteroatoms. The molecule has 0 aliphatic carbocycles. The first-order chi connectivity index (χ1) is 10.6. The number of halogens is 2. The van der Waals surface area contributed by atoms with Crippen LogP contribution in [0, 0.1) is 6.92 Å². The third-order valence-electron chi connectivity index (χ3n) is 3.55. The van der Waals surface area contributed by atoms with Crippen molar-refractivity contribution in [1.29, 1.82) is 0 Å². The third kappa shape index (κ3) is 4.37. The van der Waals surface area contributed by atoms with Gasteiger partial charge in [-0.1, -0.05) is 18.2 Å². The molecule has 0 radical (unpaired) electrons. The van der Waals surface area contributed by atoms with Gasteiger partial charge in [0, 0.05) is 23.3 Å². The second kappa shape index (κ2) is 8.52. The summed E-state index contributed by atoms with van der Waals surface area (Å²) in [5.74, 6) is -0.907. The van der Waals surface area contributed by atoms with Gasteiger partial charge < -0.3 is 10.4 Å². The quantitative estimate of drug-likeness (QED) is 0.704. The number of rotatable bonds is 4. The Morgan fingerprint density at radius 2 is 1.75 bits per heavy atom. The molecule has 0 aliphatic heterocycles. The minimum absolute atomic E-state index is 0. The number of anilines is 1. The van der Waals surface area contributed by atoms with Crippen molar-refractivity contribution in [1.82, 2.24) is 4.98 Å². The maximum absolute atomic E-state index is 10.8. The summed E-state index contributed by atoms with van der Waals surface area (Å²) in [6.07, 6.45) is 0. The zero-order chi connectivity index (χ0) is 15.5. The summed E-state index contributed by atoms with van der Waals surface area (Å²) in [4.78, 5) is 15.4. The third-order valence-corrected chi connectivity index (χ3v) is 3.55. The van der Waals surface area contributed by atoms with Crippen LogP contribution in [-0.2, 0) is 6.54 Å². The molecule has 24 heavy (non-hydrogen) atoms. The van der Waals surface area contributed by atoms with Gasteiger partial charge in [-0.15, -0.1) is 24.8 Å². The maximum atomic E-state index is 10.8. The van der Waals surface area contributed by atoms with Gasteiger partial charge in [0.05, 0.1) is 11.1 Å². The normalized spacial score (nSPS) is 9.71. The topological polar surface area (TPSA) is 62.2 Å². The largest absolute Gasteiger partial charge is 0.478 e. The van der Waals surface area contributed by atoms with Crippen LogP contribution in [0.5, 0.6) is 0 Å². The van der Waals surface area contributed by atoms with E-state index in [4.69, 9.17) is 5.11 Å². The van der Waals surface area contributed by atoms with E-state index in [0.717, 1.165) is 27.8 Å². The standard InChI is InChI=1S/C18H16N2O2.2ClH/c1-12-5-10-15-16(3-2-4-17(15)20-12)19-11-13-6-8-14(9-7-13)18(21)22;;/h2-10,19H,11H2,1H3,(H,21,22);2*1H. The van der Waals surface area contributed by atoms with Crippen molar-refractivity contribution in [3.05, 3.63) is 71.4 Å². The molecule has 0 spiro atoms. The molecule has 1 aromatic heterocycles. The number of aromatic carboxylic acids is 1. The average molecular weight is 365 g/mol. The number of benzene rings is 2. The number of carboxylic acid groups (broad SMARTS) is 1. The van der Waals surface area contributed by atoms with E-state index < -0.39 is 5.97 Å². The van der Waals surface area contributed by atoms with E-state index in [2.05, 4.69) is 16.4 Å². The van der Waals surface area contributed by atoms with E-state index in [1.807, 2.05) is 43.3 Å². The van der Waals surface area contributed by atoms with Crippen LogP contribution in [0.25, 0.3) is 10.9 Å². The molecule has 0 unspecified atom stereocenters. The second-order valence-corrected chi connectivity index (χ2v) is 5.18. The maximum Gasteiger partial charge on any atom is 0.335 e. The van der Waals surface area contributed by atoms with Crippen LogP contribution in [0.2, 0.25) is 0 Å². The van der Waals surface area contributed by atoms with Crippen LogP contribution in [0.3, 0.4) is 0 Å². The molecule has 3 aromatic rings. The zero-order valence-corrected chi connectivity index (χ0v) is 14.7. The summed E-state index contributed by atoms with van der Waals surface area (Å²) in [6, 6.07) is 16.9. The van der Waals surface area contributed by atoms with Crippen molar-refractivity contribution in [3.63, 3.8) is 0 Å². The smallest absolute Gasteiger partial charge is 0.335 e. The number of carboxylic acids is 1. The fraction of sp³-hybridized carbons (Fsp3) is 0.111. The lowest BCUT2D eigenvalue weighted by molar-refractivity contribution is 0.0697. The number of aromatic nitrogens is 1. The van der Waals surface area contributed by atoms with E-state index in [1.165, 1.54) is 0 Å². The number of hydrogen-bond acceptors (Lipinski definition) is 3. The van der Waals surface area contributed by atoms with Gasteiger partial charge in [0.2, 0.25) is 0 Å². The minimum atomic E-state index is -0.907. The van der Waals surface area contributed by atoms with E-state index in [9.17, 15) is 4.79 Å². The molecular formula is C18H18Cl2N2O2. The molecule has 0 fully saturated rings. The Kier molecular flexibility index (Phi) is 7.01. The Labute approximate surface area is 152 Å². The molecule has 2 aromatic carbocycles. The number of nitrogens with zero attached hydrogens (tertiary/aromatic N) is 1. The van der Waals surface area contributed by atoms with E-state index in [-0.39, 0.29) is 24.8 Å². The SMILES string of the molecule is Cc1ccc2c(NCc3ccc(C(=O)O)cc3)cccc2n1.Cl.Cl. The highest BCUT2D eigenvalue weighted by atomic mass is 35.5. The number of pyridine rings is 1. The summed E-state index contributed by atoms with van der Waals surface area (Å²) in [5, 5.41) is 13.4. The minimum Gasteiger partial charge on any atom is -0.478 e. The van der Waals surface area contributed by atoms with E-state index in [1.54, 1.807) is 12.1 Å². The molecule has 0 saturated heterocycles. The first kappa shape index (κ1) is 19.7. The van der Waals surface area contributed by atoms with Crippen molar-refractivity contribution in [2.75, 3.05) is 5.32 Å². The van der Waals surface area contributed by atoms with Gasteiger partial charge in [-0.05, 0) is 48.9 Å². The van der Waals surface area contributed by atoms with Crippen LogP contribution in [0.15, 0.2) is 54.6 Å². The van der Waals surface area contributed by atoms with Crippen LogP contribution in [-0.4, -0.2) is 16.1 Å². The molecule has 3 rings (SSSR count). The lowest BCUT2D eigenvalue weighted by atomic mass is 10.1. The lowest BCUT2D eigenvalue weighted by Crippen LogP contribution is -2.02. The molecule has 0 bridgehead atoms. The van der Waals surface area contributed by atoms with Gasteiger partial charge in [-0.2, -0.15) is 0 Å². The summed E-state index contributed by atoms with van der Waals surface area (Å²) >= 11 is 0. The number of hydrogen-bond donors (Lipinski definition) is 2. The van der Waals surface area contributed by atoms with Crippen LogP contribution >= 0.6 is 24.8 Å². The summed E-state index contributed by atoms with van der Waals surface area (Å²) in [5.41, 5.74) is 4.31. The van der Waals surface area contributed by atoms with Gasteiger partial charge in [-0.25, -0.2) is 4.79 Å². The van der Waals surface area contributed by atoms with Crippen LogP contribution in [0.1, 0.15) is 21.6 Å². The number of nitrogens with one attached hydrogen (secondary N) is 1. The molecule has 0 amide bonds. The van der Waals surface area contributed by atoms with Crippen LogP contribution < -0.4 is 5.32 Å². The highest BCUT2D eigenvalue weighted by Gasteiger charge is 2.04. The Morgan fingerprint density at radius 3 is 2.42 bits per heavy atom. The Bertz CT molecular complexity index is 836. The fourth-order valence-electron chi connectivity index (χ4n) is 2.37. The van der Waals surface area contributed by atoms with E-state index >= 15 is 0 Å². The number of fused-ring (bicyclic) bond motifs is 1. The average Bonchev–Trinajstić information content (AvgIpc) is 2.52. The zero-order valence-electron chi connectivity index (χ0n) is 13.0. The molecule has 126 valence electrons. The van der Waals surface area contributed by atoms with Gasteiger partial charge in [0.15, 0.2) is 0 Å². The predicted octanol–water partition coefficient (Wildman–Crippen LogP) is 4.70. The molecule has 0 atom stereocenters. The molecule has 0 aliphatic rings. The van der Waals surface area contributed by atoms with Crippen molar-refractivity contribution in [3.8, 4) is 0 Å². The van der Waals surface area contributed by atoms with Gasteiger partial charge >= 0.3 is 5.97 Å². The summed E-state index contributed by atoms with van der Waals surface area (Å²) in [6.45, 7) is 2.61. The monoisotopic (exact) mass is 364 g/mol. The fourth-order valence-corrected chi connectivity index (χ4v) is 2.37. The first-order valence-electron chi connectivity index (χ1n) is 7.06. The lowest BCUT2D eigenvalue weighted by Gasteiger charge is -2.10. The highest BCUT2D eigenvalue weighted by Crippen LogP contribution is 2.22.